The predicted octanol–water partition coefficient (Wildman–Crippen LogP) is 1.57. The zero-order chi connectivity index (χ0) is 14.8. The SMILES string of the molecule is O=C(Cc1c[nH]c2ccc(F)cc12)Nc1nccc(=O)[nH]1. The molecule has 0 aliphatic carbocycles. The number of aromatic amines is 2. The van der Waals surface area contributed by atoms with Crippen LogP contribution >= 0.6 is 0 Å². The number of halogens is 1. The lowest BCUT2D eigenvalue weighted by Crippen LogP contribution is -2.18. The van der Waals surface area contributed by atoms with Crippen molar-refractivity contribution in [2.45, 2.75) is 6.42 Å². The third-order valence-electron chi connectivity index (χ3n) is 3.01. The minimum atomic E-state index is -0.363. The Kier molecular flexibility index (Phi) is 3.23. The van der Waals surface area contributed by atoms with Gasteiger partial charge in [-0.05, 0) is 23.8 Å². The third kappa shape index (κ3) is 2.81. The standard InChI is InChI=1S/C14H11FN4O2/c15-9-1-2-11-10(6-9)8(7-17-11)5-13(21)19-14-16-4-3-12(20)18-14/h1-4,6-7,17H,5H2,(H2,16,18,19,20,21). The number of benzene rings is 1. The number of rotatable bonds is 3. The van der Waals surface area contributed by atoms with Crippen LogP contribution in [0.25, 0.3) is 10.9 Å². The van der Waals surface area contributed by atoms with E-state index in [1.807, 2.05) is 0 Å². The van der Waals surface area contributed by atoms with Crippen molar-refractivity contribution in [3.63, 3.8) is 0 Å². The molecule has 21 heavy (non-hydrogen) atoms. The average Bonchev–Trinajstić information content (AvgIpc) is 2.81. The molecule has 2 aromatic heterocycles. The van der Waals surface area contributed by atoms with Crippen LogP contribution in [0.3, 0.4) is 0 Å². The van der Waals surface area contributed by atoms with Crippen LogP contribution in [0.5, 0.6) is 0 Å². The number of carbonyl (C=O) groups is 1. The van der Waals surface area contributed by atoms with Gasteiger partial charge in [0.05, 0.1) is 6.42 Å². The quantitative estimate of drug-likeness (QED) is 0.682. The summed E-state index contributed by atoms with van der Waals surface area (Å²) < 4.78 is 13.3. The maximum Gasteiger partial charge on any atom is 0.252 e. The van der Waals surface area contributed by atoms with E-state index in [1.165, 1.54) is 24.4 Å². The van der Waals surface area contributed by atoms with Crippen molar-refractivity contribution in [2.24, 2.45) is 0 Å². The summed E-state index contributed by atoms with van der Waals surface area (Å²) in [5.74, 6) is -0.633. The molecule has 3 rings (SSSR count). The Labute approximate surface area is 118 Å². The first-order valence-electron chi connectivity index (χ1n) is 6.22. The lowest BCUT2D eigenvalue weighted by Gasteiger charge is -2.03. The summed E-state index contributed by atoms with van der Waals surface area (Å²) in [6, 6.07) is 5.58. The van der Waals surface area contributed by atoms with Gasteiger partial charge >= 0.3 is 0 Å². The molecule has 0 fully saturated rings. The first-order valence-corrected chi connectivity index (χ1v) is 6.22. The molecule has 0 bridgehead atoms. The molecular formula is C14H11FN4O2. The smallest absolute Gasteiger partial charge is 0.252 e. The molecule has 0 radical (unpaired) electrons. The van der Waals surface area contributed by atoms with Crippen LogP contribution in [0.4, 0.5) is 10.3 Å². The van der Waals surface area contributed by atoms with E-state index in [9.17, 15) is 14.0 Å². The molecule has 0 aliphatic rings. The van der Waals surface area contributed by atoms with E-state index < -0.39 is 0 Å². The average molecular weight is 286 g/mol. The number of aromatic nitrogens is 3. The predicted molar refractivity (Wildman–Crippen MR) is 75.4 cm³/mol. The molecule has 0 spiro atoms. The molecular weight excluding hydrogens is 275 g/mol. The van der Waals surface area contributed by atoms with Gasteiger partial charge in [0.2, 0.25) is 11.9 Å². The summed E-state index contributed by atoms with van der Waals surface area (Å²) in [6.07, 6.45) is 3.00. The Morgan fingerprint density at radius 3 is 3.00 bits per heavy atom. The first-order chi connectivity index (χ1) is 10.1. The summed E-state index contributed by atoms with van der Waals surface area (Å²) in [5.41, 5.74) is 1.07. The monoisotopic (exact) mass is 286 g/mol. The molecule has 0 atom stereocenters. The number of hydrogen-bond donors (Lipinski definition) is 3. The highest BCUT2D eigenvalue weighted by Gasteiger charge is 2.10. The first kappa shape index (κ1) is 13.0. The van der Waals surface area contributed by atoms with Gasteiger partial charge in [-0.2, -0.15) is 0 Å². The van der Waals surface area contributed by atoms with Gasteiger partial charge in [0.15, 0.2) is 0 Å². The minimum Gasteiger partial charge on any atom is -0.361 e. The van der Waals surface area contributed by atoms with Crippen LogP contribution in [-0.4, -0.2) is 20.9 Å². The van der Waals surface area contributed by atoms with Gasteiger partial charge in [0.1, 0.15) is 5.82 Å². The number of H-pyrrole nitrogens is 2. The second kappa shape index (κ2) is 5.20. The Hall–Kier alpha value is -2.96. The van der Waals surface area contributed by atoms with Crippen LogP contribution in [0.15, 0.2) is 41.5 Å². The highest BCUT2D eigenvalue weighted by Crippen LogP contribution is 2.20. The summed E-state index contributed by atoms with van der Waals surface area (Å²) in [4.78, 5) is 32.2. The van der Waals surface area contributed by atoms with Crippen molar-refractivity contribution in [1.29, 1.82) is 0 Å². The summed E-state index contributed by atoms with van der Waals surface area (Å²) in [6.45, 7) is 0. The van der Waals surface area contributed by atoms with E-state index in [0.717, 1.165) is 5.52 Å². The number of amides is 1. The number of nitrogens with zero attached hydrogens (tertiary/aromatic N) is 1. The van der Waals surface area contributed by atoms with Crippen LogP contribution < -0.4 is 10.9 Å². The van der Waals surface area contributed by atoms with Crippen LogP contribution in [0, 0.1) is 5.82 Å². The Morgan fingerprint density at radius 1 is 1.33 bits per heavy atom. The maximum atomic E-state index is 13.3. The fourth-order valence-corrected chi connectivity index (χ4v) is 2.08. The third-order valence-corrected chi connectivity index (χ3v) is 3.01. The summed E-state index contributed by atoms with van der Waals surface area (Å²) in [5, 5.41) is 3.14. The van der Waals surface area contributed by atoms with Gasteiger partial charge in [-0.15, -0.1) is 0 Å². The van der Waals surface area contributed by atoms with Crippen molar-refractivity contribution >= 4 is 22.8 Å². The maximum absolute atomic E-state index is 13.3. The molecule has 106 valence electrons. The zero-order valence-corrected chi connectivity index (χ0v) is 10.8. The fourth-order valence-electron chi connectivity index (χ4n) is 2.08. The van der Waals surface area contributed by atoms with Gasteiger partial charge in [-0.1, -0.05) is 0 Å². The van der Waals surface area contributed by atoms with Gasteiger partial charge in [0.25, 0.3) is 5.56 Å². The van der Waals surface area contributed by atoms with Gasteiger partial charge < -0.3 is 4.98 Å². The van der Waals surface area contributed by atoms with Crippen molar-refractivity contribution < 1.29 is 9.18 Å². The van der Waals surface area contributed by atoms with Crippen LogP contribution in [0.2, 0.25) is 0 Å². The summed E-state index contributed by atoms with van der Waals surface area (Å²) in [7, 11) is 0. The van der Waals surface area contributed by atoms with E-state index in [2.05, 4.69) is 20.3 Å². The Morgan fingerprint density at radius 2 is 2.19 bits per heavy atom. The number of nitrogens with one attached hydrogen (secondary N) is 3. The normalized spacial score (nSPS) is 10.7. The molecule has 7 heteroatoms. The van der Waals surface area contributed by atoms with E-state index in [4.69, 9.17) is 0 Å². The number of carbonyl (C=O) groups excluding carboxylic acids is 1. The Bertz CT molecular complexity index is 869. The molecule has 6 nitrogen and oxygen atoms in total. The van der Waals surface area contributed by atoms with Crippen molar-refractivity contribution in [3.8, 4) is 0 Å². The molecule has 0 saturated heterocycles. The van der Waals surface area contributed by atoms with E-state index in [0.29, 0.717) is 10.9 Å². The molecule has 3 aromatic rings. The van der Waals surface area contributed by atoms with Gasteiger partial charge in [-0.3, -0.25) is 19.9 Å². The lowest BCUT2D eigenvalue weighted by atomic mass is 10.1. The highest BCUT2D eigenvalue weighted by atomic mass is 19.1. The molecule has 3 N–H and O–H groups in total. The number of hydrogen-bond acceptors (Lipinski definition) is 3. The van der Waals surface area contributed by atoms with Gasteiger partial charge in [-0.25, -0.2) is 9.37 Å². The molecule has 2 heterocycles. The lowest BCUT2D eigenvalue weighted by molar-refractivity contribution is -0.115. The molecule has 1 aromatic carbocycles. The fraction of sp³-hybridized carbons (Fsp3) is 0.0714. The highest BCUT2D eigenvalue weighted by molar-refractivity contribution is 5.94. The molecule has 0 aliphatic heterocycles. The van der Waals surface area contributed by atoms with Crippen LogP contribution in [0.1, 0.15) is 5.56 Å². The topological polar surface area (TPSA) is 90.6 Å². The second-order valence-corrected chi connectivity index (χ2v) is 4.51. The number of anilines is 1. The van der Waals surface area contributed by atoms with E-state index >= 15 is 0 Å². The second-order valence-electron chi connectivity index (χ2n) is 4.51. The summed E-state index contributed by atoms with van der Waals surface area (Å²) >= 11 is 0. The van der Waals surface area contributed by atoms with Crippen molar-refractivity contribution in [1.82, 2.24) is 15.0 Å². The largest absolute Gasteiger partial charge is 0.361 e. The van der Waals surface area contributed by atoms with Crippen LogP contribution in [-0.2, 0) is 11.2 Å². The number of fused-ring (bicyclic) bond motifs is 1. The molecule has 0 saturated carbocycles. The van der Waals surface area contributed by atoms with Crippen molar-refractivity contribution in [2.75, 3.05) is 5.32 Å². The minimum absolute atomic E-state index is 0.0437. The molecule has 1 amide bonds. The van der Waals surface area contributed by atoms with Crippen molar-refractivity contribution in [3.05, 3.63) is 58.4 Å². The molecule has 0 unspecified atom stereocenters. The van der Waals surface area contributed by atoms with E-state index in [1.54, 1.807) is 12.3 Å². The van der Waals surface area contributed by atoms with Gasteiger partial charge in [0, 0.05) is 29.4 Å². The zero-order valence-electron chi connectivity index (χ0n) is 10.8. The Balaban J connectivity index is 1.80. The van der Waals surface area contributed by atoms with E-state index in [-0.39, 0.29) is 29.7 Å².